The van der Waals surface area contributed by atoms with E-state index in [1.165, 1.54) is 16.7 Å². The Morgan fingerprint density at radius 3 is 2.19 bits per heavy atom. The Hall–Kier alpha value is -0.570. The summed E-state index contributed by atoms with van der Waals surface area (Å²) in [5.41, 5.74) is 15.6. The summed E-state index contributed by atoms with van der Waals surface area (Å²) in [5, 5.41) is 0. The zero-order valence-corrected chi connectivity index (χ0v) is 11.0. The molecule has 1 aromatic carbocycles. The molecule has 0 aliphatic rings. The number of benzene rings is 1. The molecule has 0 heterocycles. The Kier molecular flexibility index (Phi) is 7.39. The molecule has 0 aliphatic heterocycles. The summed E-state index contributed by atoms with van der Waals surface area (Å²) in [6.07, 6.45) is 3.22. The molecule has 0 saturated heterocycles. The minimum absolute atomic E-state index is 0. The molecular weight excluding hydrogens is 220 g/mol. The van der Waals surface area contributed by atoms with Crippen molar-refractivity contribution < 1.29 is 0 Å². The van der Waals surface area contributed by atoms with Gasteiger partial charge in [-0.15, -0.1) is 12.4 Å². The van der Waals surface area contributed by atoms with E-state index in [4.69, 9.17) is 11.5 Å². The average Bonchev–Trinajstić information content (AvgIpc) is 2.18. The molecule has 1 aromatic rings. The van der Waals surface area contributed by atoms with Crippen LogP contribution in [0.5, 0.6) is 0 Å². The Balaban J connectivity index is 0.00000225. The van der Waals surface area contributed by atoms with E-state index in [1.807, 2.05) is 0 Å². The number of hydrogen-bond donors (Lipinski definition) is 2. The van der Waals surface area contributed by atoms with Crippen LogP contribution in [0.25, 0.3) is 0 Å². The first kappa shape index (κ1) is 15.4. The molecule has 1 atom stereocenters. The Labute approximate surface area is 105 Å². The van der Waals surface area contributed by atoms with Gasteiger partial charge in [0.1, 0.15) is 0 Å². The van der Waals surface area contributed by atoms with Crippen molar-refractivity contribution in [3.8, 4) is 0 Å². The van der Waals surface area contributed by atoms with Gasteiger partial charge in [0.25, 0.3) is 0 Å². The number of halogens is 1. The molecule has 0 saturated carbocycles. The molecular formula is C13H23ClN2. The Morgan fingerprint density at radius 2 is 1.69 bits per heavy atom. The van der Waals surface area contributed by atoms with E-state index in [1.54, 1.807) is 0 Å². The monoisotopic (exact) mass is 242 g/mol. The van der Waals surface area contributed by atoms with Crippen LogP contribution in [0.4, 0.5) is 0 Å². The van der Waals surface area contributed by atoms with Crippen LogP contribution >= 0.6 is 12.4 Å². The van der Waals surface area contributed by atoms with E-state index in [2.05, 4.69) is 32.0 Å². The van der Waals surface area contributed by atoms with Gasteiger partial charge in [-0.25, -0.2) is 0 Å². The first-order chi connectivity index (χ1) is 7.16. The molecule has 0 aromatic heterocycles. The molecule has 4 N–H and O–H groups in total. The zero-order valence-electron chi connectivity index (χ0n) is 10.2. The number of rotatable bonds is 5. The van der Waals surface area contributed by atoms with Gasteiger partial charge in [-0.1, -0.05) is 24.6 Å². The minimum atomic E-state index is 0. The third kappa shape index (κ3) is 4.12. The first-order valence-corrected chi connectivity index (χ1v) is 5.68. The number of nitrogens with two attached hydrogens (primary N) is 2. The fourth-order valence-electron chi connectivity index (χ4n) is 2.07. The van der Waals surface area contributed by atoms with Crippen molar-refractivity contribution in [3.05, 3.63) is 34.9 Å². The molecule has 92 valence electrons. The summed E-state index contributed by atoms with van der Waals surface area (Å²) in [7, 11) is 0. The third-order valence-corrected chi connectivity index (χ3v) is 2.88. The van der Waals surface area contributed by atoms with Gasteiger partial charge in [0.15, 0.2) is 0 Å². The summed E-state index contributed by atoms with van der Waals surface area (Å²) in [6.45, 7) is 5.02. The smallest absolute Gasteiger partial charge is 0.0300 e. The standard InChI is InChI=1S/C13H22N2.ClH/c1-10-6-5-7-11(2)13(10)12(15)8-3-4-9-14;/h5-7,12H,3-4,8-9,14-15H2,1-2H3;1H/t12-;/m1./s1. The maximum atomic E-state index is 6.20. The van der Waals surface area contributed by atoms with E-state index >= 15 is 0 Å². The second kappa shape index (κ2) is 7.66. The molecule has 0 amide bonds. The number of unbranched alkanes of at least 4 members (excludes halogenated alkanes) is 1. The van der Waals surface area contributed by atoms with Gasteiger partial charge in [0.2, 0.25) is 0 Å². The van der Waals surface area contributed by atoms with Gasteiger partial charge in [-0.05, 0) is 49.9 Å². The molecule has 0 radical (unpaired) electrons. The molecule has 0 bridgehead atoms. The minimum Gasteiger partial charge on any atom is -0.330 e. The van der Waals surface area contributed by atoms with Crippen molar-refractivity contribution in [2.24, 2.45) is 11.5 Å². The van der Waals surface area contributed by atoms with Crippen LogP contribution in [0.3, 0.4) is 0 Å². The molecule has 1 rings (SSSR count). The molecule has 0 fully saturated rings. The fraction of sp³-hybridized carbons (Fsp3) is 0.538. The van der Waals surface area contributed by atoms with Crippen LogP contribution in [-0.4, -0.2) is 6.54 Å². The largest absolute Gasteiger partial charge is 0.330 e. The quantitative estimate of drug-likeness (QED) is 0.781. The van der Waals surface area contributed by atoms with E-state index in [9.17, 15) is 0 Å². The van der Waals surface area contributed by atoms with Gasteiger partial charge < -0.3 is 11.5 Å². The van der Waals surface area contributed by atoms with Gasteiger partial charge >= 0.3 is 0 Å². The van der Waals surface area contributed by atoms with Gasteiger partial charge in [-0.3, -0.25) is 0 Å². The third-order valence-electron chi connectivity index (χ3n) is 2.88. The summed E-state index contributed by atoms with van der Waals surface area (Å²) in [6, 6.07) is 6.51. The molecule has 0 unspecified atom stereocenters. The summed E-state index contributed by atoms with van der Waals surface area (Å²) >= 11 is 0. The van der Waals surface area contributed by atoms with Gasteiger partial charge in [-0.2, -0.15) is 0 Å². The second-order valence-electron chi connectivity index (χ2n) is 4.20. The maximum absolute atomic E-state index is 6.20. The topological polar surface area (TPSA) is 52.0 Å². The predicted molar refractivity (Wildman–Crippen MR) is 73.0 cm³/mol. The van der Waals surface area contributed by atoms with Crippen LogP contribution in [-0.2, 0) is 0 Å². The van der Waals surface area contributed by atoms with Gasteiger partial charge in [0, 0.05) is 6.04 Å². The zero-order chi connectivity index (χ0) is 11.3. The summed E-state index contributed by atoms with van der Waals surface area (Å²) < 4.78 is 0. The Bertz CT molecular complexity index is 293. The van der Waals surface area contributed by atoms with Crippen molar-refractivity contribution >= 4 is 12.4 Å². The van der Waals surface area contributed by atoms with Crippen LogP contribution < -0.4 is 11.5 Å². The lowest BCUT2D eigenvalue weighted by Gasteiger charge is -2.17. The molecule has 16 heavy (non-hydrogen) atoms. The van der Waals surface area contributed by atoms with E-state index < -0.39 is 0 Å². The van der Waals surface area contributed by atoms with Crippen molar-refractivity contribution in [2.45, 2.75) is 39.2 Å². The van der Waals surface area contributed by atoms with Crippen LogP contribution in [0.2, 0.25) is 0 Å². The second-order valence-corrected chi connectivity index (χ2v) is 4.20. The molecule has 0 aliphatic carbocycles. The van der Waals surface area contributed by atoms with E-state index in [-0.39, 0.29) is 18.4 Å². The highest BCUT2D eigenvalue weighted by Crippen LogP contribution is 2.23. The van der Waals surface area contributed by atoms with E-state index in [0.29, 0.717) is 0 Å². The average molecular weight is 243 g/mol. The highest BCUT2D eigenvalue weighted by atomic mass is 35.5. The molecule has 2 nitrogen and oxygen atoms in total. The SMILES string of the molecule is Cc1cccc(C)c1[C@H](N)CCCCN.Cl. The van der Waals surface area contributed by atoms with Crippen molar-refractivity contribution in [1.82, 2.24) is 0 Å². The van der Waals surface area contributed by atoms with Crippen molar-refractivity contribution in [1.29, 1.82) is 0 Å². The fourth-order valence-corrected chi connectivity index (χ4v) is 2.07. The number of aryl methyl sites for hydroxylation is 2. The summed E-state index contributed by atoms with van der Waals surface area (Å²) in [5.74, 6) is 0. The molecule has 0 spiro atoms. The van der Waals surface area contributed by atoms with Crippen molar-refractivity contribution in [3.63, 3.8) is 0 Å². The van der Waals surface area contributed by atoms with E-state index in [0.717, 1.165) is 25.8 Å². The van der Waals surface area contributed by atoms with Crippen LogP contribution in [0.15, 0.2) is 18.2 Å². The lowest BCUT2D eigenvalue weighted by Crippen LogP contribution is -2.14. The van der Waals surface area contributed by atoms with Crippen molar-refractivity contribution in [2.75, 3.05) is 6.54 Å². The molecule has 3 heteroatoms. The lowest BCUT2D eigenvalue weighted by molar-refractivity contribution is 0.586. The Morgan fingerprint density at radius 1 is 1.12 bits per heavy atom. The highest BCUT2D eigenvalue weighted by Gasteiger charge is 2.10. The summed E-state index contributed by atoms with van der Waals surface area (Å²) in [4.78, 5) is 0. The lowest BCUT2D eigenvalue weighted by atomic mass is 9.93. The first-order valence-electron chi connectivity index (χ1n) is 5.68. The van der Waals surface area contributed by atoms with Gasteiger partial charge in [0.05, 0.1) is 0 Å². The van der Waals surface area contributed by atoms with Crippen LogP contribution in [0, 0.1) is 13.8 Å². The number of hydrogen-bond acceptors (Lipinski definition) is 2. The predicted octanol–water partition coefficient (Wildman–Crippen LogP) is 2.85. The van der Waals surface area contributed by atoms with Crippen LogP contribution in [0.1, 0.15) is 42.0 Å². The normalized spacial score (nSPS) is 12.0. The highest BCUT2D eigenvalue weighted by molar-refractivity contribution is 5.85. The maximum Gasteiger partial charge on any atom is 0.0300 e.